The fourth-order valence-corrected chi connectivity index (χ4v) is 5.32. The van der Waals surface area contributed by atoms with Crippen LogP contribution in [0.1, 0.15) is 22.5 Å². The molecule has 1 amide bonds. The first-order valence-corrected chi connectivity index (χ1v) is 10.9. The number of benzene rings is 1. The molecule has 0 spiro atoms. The van der Waals surface area contributed by atoms with Crippen molar-refractivity contribution in [2.45, 2.75) is 24.3 Å². The number of ether oxygens (including phenoxy) is 1. The van der Waals surface area contributed by atoms with E-state index >= 15 is 0 Å². The molecule has 1 aromatic heterocycles. The third-order valence-corrected chi connectivity index (χ3v) is 6.86. The molecule has 4 rings (SSSR count). The maximum Gasteiger partial charge on any atom is 0.276 e. The van der Waals surface area contributed by atoms with E-state index in [9.17, 15) is 17.6 Å². The van der Waals surface area contributed by atoms with E-state index in [1.165, 1.54) is 29.0 Å². The van der Waals surface area contributed by atoms with E-state index in [1.807, 2.05) is 0 Å². The Morgan fingerprint density at radius 3 is 2.87 bits per heavy atom. The molecule has 0 radical (unpaired) electrons. The molecule has 2 atom stereocenters. The second-order valence-electron chi connectivity index (χ2n) is 7.49. The first-order valence-electron chi connectivity index (χ1n) is 9.39. The zero-order valence-corrected chi connectivity index (χ0v) is 18.2. The summed E-state index contributed by atoms with van der Waals surface area (Å²) in [5.41, 5.74) is 0.894. The number of anilines is 1. The van der Waals surface area contributed by atoms with Crippen molar-refractivity contribution in [2.24, 2.45) is 13.0 Å². The first-order chi connectivity index (χ1) is 13.8. The lowest BCUT2D eigenvalue weighted by molar-refractivity contribution is 0.101. The van der Waals surface area contributed by atoms with Crippen molar-refractivity contribution in [3.63, 3.8) is 0 Å². The first kappa shape index (κ1) is 22.5. The molecule has 1 saturated heterocycles. The molecule has 2 aliphatic heterocycles. The molecular formula is C19H24ClFN4O4S. The second kappa shape index (κ2) is 8.54. The number of nitrogens with zero attached hydrogens (tertiary/aromatic N) is 1. The lowest BCUT2D eigenvalue weighted by Gasteiger charge is -2.34. The number of carbonyl (C=O) groups excluding carboxylic acids is 1. The van der Waals surface area contributed by atoms with Gasteiger partial charge in [-0.05, 0) is 43.7 Å². The summed E-state index contributed by atoms with van der Waals surface area (Å²) < 4.78 is 49.4. The van der Waals surface area contributed by atoms with Gasteiger partial charge in [0.25, 0.3) is 5.91 Å². The van der Waals surface area contributed by atoms with Crippen LogP contribution >= 0.6 is 12.4 Å². The van der Waals surface area contributed by atoms with E-state index in [2.05, 4.69) is 15.4 Å². The molecule has 0 bridgehead atoms. The number of hydrogen-bond acceptors (Lipinski definition) is 5. The number of fused-ring (bicyclic) bond motifs is 2. The Balaban J connectivity index is 0.00000256. The van der Waals surface area contributed by atoms with Crippen LogP contribution in [0.3, 0.4) is 0 Å². The van der Waals surface area contributed by atoms with Crippen molar-refractivity contribution in [1.29, 1.82) is 0 Å². The number of halogens is 2. The maximum atomic E-state index is 13.5. The number of amides is 1. The molecule has 11 heteroatoms. The summed E-state index contributed by atoms with van der Waals surface area (Å²) in [7, 11) is -2.26. The van der Waals surface area contributed by atoms with Crippen molar-refractivity contribution >= 4 is 34.0 Å². The van der Waals surface area contributed by atoms with E-state index in [1.54, 1.807) is 14.0 Å². The third kappa shape index (κ3) is 4.18. The van der Waals surface area contributed by atoms with Crippen molar-refractivity contribution in [2.75, 3.05) is 25.0 Å². The van der Waals surface area contributed by atoms with Gasteiger partial charge < -0.3 is 19.9 Å². The monoisotopic (exact) mass is 458 g/mol. The molecule has 2 aliphatic rings. The zero-order valence-electron chi connectivity index (χ0n) is 16.6. The van der Waals surface area contributed by atoms with Crippen molar-refractivity contribution in [1.82, 2.24) is 14.6 Å². The van der Waals surface area contributed by atoms with Crippen LogP contribution in [-0.2, 0) is 17.1 Å². The van der Waals surface area contributed by atoms with Gasteiger partial charge in [0, 0.05) is 37.4 Å². The summed E-state index contributed by atoms with van der Waals surface area (Å²) in [6.45, 7) is 3.24. The van der Waals surface area contributed by atoms with Gasteiger partial charge in [-0.25, -0.2) is 17.5 Å². The molecule has 0 saturated carbocycles. The fourth-order valence-electron chi connectivity index (χ4n) is 3.79. The van der Waals surface area contributed by atoms with E-state index in [4.69, 9.17) is 4.74 Å². The van der Waals surface area contributed by atoms with Crippen molar-refractivity contribution in [3.05, 3.63) is 41.5 Å². The molecule has 1 aromatic carbocycles. The number of rotatable bonds is 2. The van der Waals surface area contributed by atoms with Crippen LogP contribution in [0, 0.1) is 18.7 Å². The highest BCUT2D eigenvalue weighted by Crippen LogP contribution is 2.34. The summed E-state index contributed by atoms with van der Waals surface area (Å²) in [5, 5.41) is 5.93. The Bertz CT molecular complexity index is 1070. The summed E-state index contributed by atoms with van der Waals surface area (Å²) in [5.74, 6) is -0.917. The molecule has 3 N–H and O–H groups in total. The molecule has 1 fully saturated rings. The zero-order chi connectivity index (χ0) is 20.8. The molecule has 30 heavy (non-hydrogen) atoms. The Hall–Kier alpha value is -2.14. The summed E-state index contributed by atoms with van der Waals surface area (Å²) in [6, 6.07) is 4.01. The molecule has 2 aromatic rings. The fraction of sp³-hybridized carbons (Fsp3) is 0.421. The second-order valence-corrected chi connectivity index (χ2v) is 9.17. The quantitative estimate of drug-likeness (QED) is 0.637. The van der Waals surface area contributed by atoms with Gasteiger partial charge >= 0.3 is 0 Å². The number of hydrogen-bond donors (Lipinski definition) is 3. The maximum absolute atomic E-state index is 13.5. The number of sulfonamides is 1. The predicted octanol–water partition coefficient (Wildman–Crippen LogP) is 1.80. The molecule has 8 nitrogen and oxygen atoms in total. The van der Waals surface area contributed by atoms with Gasteiger partial charge in [0.15, 0.2) is 11.4 Å². The smallest absolute Gasteiger partial charge is 0.276 e. The van der Waals surface area contributed by atoms with E-state index in [-0.39, 0.29) is 53.1 Å². The van der Waals surface area contributed by atoms with E-state index < -0.39 is 15.9 Å². The van der Waals surface area contributed by atoms with Crippen molar-refractivity contribution < 1.29 is 22.3 Å². The van der Waals surface area contributed by atoms with E-state index in [0.29, 0.717) is 24.2 Å². The highest BCUT2D eigenvalue weighted by Gasteiger charge is 2.37. The molecule has 3 heterocycles. The number of carbonyl (C=O) groups is 1. The van der Waals surface area contributed by atoms with Crippen LogP contribution in [0.25, 0.3) is 0 Å². The number of nitrogens with one attached hydrogen (secondary N) is 3. The topological polar surface area (TPSA) is 101 Å². The predicted molar refractivity (Wildman–Crippen MR) is 112 cm³/mol. The van der Waals surface area contributed by atoms with Gasteiger partial charge in [0.05, 0.1) is 6.61 Å². The van der Waals surface area contributed by atoms with Gasteiger partial charge in [-0.15, -0.1) is 12.4 Å². The SMILES string of the molecule is Cc1cc(NC(=O)c2c3c(cn2C)S(=O)(=O)NC2CCNCC2CO3)ccc1F.Cl. The minimum Gasteiger partial charge on any atom is -0.489 e. The Morgan fingerprint density at radius 1 is 1.37 bits per heavy atom. The lowest BCUT2D eigenvalue weighted by atomic mass is 9.95. The van der Waals surface area contributed by atoms with Gasteiger partial charge in [-0.2, -0.15) is 0 Å². The van der Waals surface area contributed by atoms with Crippen LogP contribution < -0.4 is 20.1 Å². The highest BCUT2D eigenvalue weighted by molar-refractivity contribution is 7.89. The van der Waals surface area contributed by atoms with Gasteiger partial charge in [0.1, 0.15) is 10.7 Å². The van der Waals surface area contributed by atoms with Crippen LogP contribution in [0.2, 0.25) is 0 Å². The third-order valence-electron chi connectivity index (χ3n) is 5.38. The average molecular weight is 459 g/mol. The summed E-state index contributed by atoms with van der Waals surface area (Å²) in [6.07, 6.45) is 2.05. The normalized spacial score (nSPS) is 22.4. The van der Waals surface area contributed by atoms with Crippen LogP contribution in [0.5, 0.6) is 5.75 Å². The summed E-state index contributed by atoms with van der Waals surface area (Å²) >= 11 is 0. The average Bonchev–Trinajstić information content (AvgIpc) is 3.00. The van der Waals surface area contributed by atoms with Gasteiger partial charge in [0.2, 0.25) is 10.0 Å². The Morgan fingerprint density at radius 2 is 2.13 bits per heavy atom. The van der Waals surface area contributed by atoms with Crippen LogP contribution in [0.4, 0.5) is 10.1 Å². The van der Waals surface area contributed by atoms with Gasteiger partial charge in [-0.1, -0.05) is 0 Å². The number of aryl methyl sites for hydroxylation is 2. The molecular weight excluding hydrogens is 435 g/mol. The highest BCUT2D eigenvalue weighted by atomic mass is 35.5. The van der Waals surface area contributed by atoms with E-state index in [0.717, 1.165) is 6.54 Å². The molecule has 0 aliphatic carbocycles. The van der Waals surface area contributed by atoms with Crippen LogP contribution in [0.15, 0.2) is 29.3 Å². The lowest BCUT2D eigenvalue weighted by Crippen LogP contribution is -2.52. The van der Waals surface area contributed by atoms with Crippen molar-refractivity contribution in [3.8, 4) is 5.75 Å². The minimum absolute atomic E-state index is 0. The molecule has 2 unspecified atom stereocenters. The minimum atomic E-state index is -3.85. The number of aromatic nitrogens is 1. The van der Waals surface area contributed by atoms with Gasteiger partial charge in [-0.3, -0.25) is 4.79 Å². The molecule has 164 valence electrons. The van der Waals surface area contributed by atoms with Crippen LogP contribution in [-0.4, -0.2) is 44.6 Å². The Labute approximate surface area is 180 Å². The largest absolute Gasteiger partial charge is 0.489 e. The number of piperidine rings is 1. The summed E-state index contributed by atoms with van der Waals surface area (Å²) in [4.78, 5) is 12.9. The Kier molecular flexibility index (Phi) is 6.42. The standard InChI is InChI=1S/C19H23FN4O4S.ClH/c1-11-7-13(3-4-14(11)20)22-19(25)17-18-16(9-24(17)2)29(26,27)23-15-5-6-21-8-12(15)10-28-18;/h3-4,7,9,12,15,21,23H,5-6,8,10H2,1-2H3,(H,22,25);1H.